The number of nitrogens with zero attached hydrogens (tertiary/aromatic N) is 2. The fraction of sp³-hybridized carbons (Fsp3) is 0.467. The molecule has 114 valence electrons. The number of carbonyl (C=O) groups excluding carboxylic acids is 1. The largest absolute Gasteiger partial charge is 0.442 e. The molecule has 0 aliphatic heterocycles. The first kappa shape index (κ1) is 15.7. The van der Waals surface area contributed by atoms with E-state index in [1.54, 1.807) is 0 Å². The molecular weight excluding hydrogens is 286 g/mol. The normalized spacial score (nSPS) is 12.6. The molecule has 2 heterocycles. The summed E-state index contributed by atoms with van der Waals surface area (Å²) in [6.45, 7) is 8.88. The van der Waals surface area contributed by atoms with Crippen molar-refractivity contribution in [1.82, 2.24) is 15.2 Å². The van der Waals surface area contributed by atoms with Gasteiger partial charge in [-0.3, -0.25) is 9.69 Å². The number of thiophene rings is 1. The lowest BCUT2D eigenvalue weighted by Gasteiger charge is -2.26. The van der Waals surface area contributed by atoms with Crippen molar-refractivity contribution in [3.8, 4) is 10.6 Å². The van der Waals surface area contributed by atoms with Crippen LogP contribution in [-0.2, 0) is 0 Å². The molecule has 0 fully saturated rings. The Morgan fingerprint density at radius 2 is 2.24 bits per heavy atom. The van der Waals surface area contributed by atoms with E-state index in [0.29, 0.717) is 24.0 Å². The summed E-state index contributed by atoms with van der Waals surface area (Å²) in [4.78, 5) is 19.5. The quantitative estimate of drug-likeness (QED) is 0.854. The molecule has 0 aliphatic carbocycles. The predicted octanol–water partition coefficient (Wildman–Crippen LogP) is 2.86. The molecule has 1 N–H and O–H groups in total. The number of hydrogen-bond donors (Lipinski definition) is 1. The van der Waals surface area contributed by atoms with Crippen LogP contribution >= 0.6 is 11.3 Å². The molecule has 21 heavy (non-hydrogen) atoms. The molecule has 0 unspecified atom stereocenters. The lowest BCUT2D eigenvalue weighted by molar-refractivity contribution is 0.0934. The third kappa shape index (κ3) is 3.71. The highest BCUT2D eigenvalue weighted by Crippen LogP contribution is 2.27. The van der Waals surface area contributed by atoms with E-state index in [1.165, 1.54) is 17.7 Å². The van der Waals surface area contributed by atoms with Crippen LogP contribution in [0.2, 0.25) is 0 Å². The summed E-state index contributed by atoms with van der Waals surface area (Å²) in [6, 6.07) is 4.13. The highest BCUT2D eigenvalue weighted by Gasteiger charge is 2.20. The number of oxazole rings is 1. The number of likely N-dealkylation sites (N-methyl/N-ethyl adjacent to an activating group) is 1. The molecule has 5 nitrogen and oxygen atoms in total. The van der Waals surface area contributed by atoms with E-state index in [1.807, 2.05) is 17.5 Å². The minimum absolute atomic E-state index is 0.189. The predicted molar refractivity (Wildman–Crippen MR) is 84.5 cm³/mol. The van der Waals surface area contributed by atoms with Crippen LogP contribution in [0.3, 0.4) is 0 Å². The van der Waals surface area contributed by atoms with Crippen molar-refractivity contribution in [3.63, 3.8) is 0 Å². The molecule has 2 aromatic rings. The first-order valence-electron chi connectivity index (χ1n) is 7.16. The van der Waals surface area contributed by atoms with Crippen molar-refractivity contribution in [1.29, 1.82) is 0 Å². The van der Waals surface area contributed by atoms with Gasteiger partial charge < -0.3 is 9.73 Å². The van der Waals surface area contributed by atoms with Gasteiger partial charge in [0.2, 0.25) is 0 Å². The van der Waals surface area contributed by atoms with Crippen molar-refractivity contribution in [2.45, 2.75) is 26.8 Å². The maximum Gasteiger partial charge on any atom is 0.274 e. The van der Waals surface area contributed by atoms with Crippen LogP contribution in [0.1, 0.15) is 31.3 Å². The number of aromatic nitrogens is 1. The molecule has 6 heteroatoms. The van der Waals surface area contributed by atoms with E-state index in [4.69, 9.17) is 4.42 Å². The molecule has 0 aromatic carbocycles. The van der Waals surface area contributed by atoms with Gasteiger partial charge in [-0.05, 0) is 31.5 Å². The zero-order valence-electron chi connectivity index (χ0n) is 12.6. The molecule has 1 atom stereocenters. The molecule has 2 rings (SSSR count). The maximum atomic E-state index is 12.3. The van der Waals surface area contributed by atoms with Crippen LogP contribution in [0, 0.1) is 0 Å². The van der Waals surface area contributed by atoms with Crippen molar-refractivity contribution < 1.29 is 9.21 Å². The number of hydrogen-bond acceptors (Lipinski definition) is 5. The summed E-state index contributed by atoms with van der Waals surface area (Å²) in [5.41, 5.74) is 0.351. The Labute approximate surface area is 129 Å². The number of carbonyl (C=O) groups is 1. The topological polar surface area (TPSA) is 58.4 Å². The summed E-state index contributed by atoms with van der Waals surface area (Å²) in [5, 5.41) is 4.88. The smallest absolute Gasteiger partial charge is 0.274 e. The van der Waals surface area contributed by atoms with Gasteiger partial charge in [0.1, 0.15) is 0 Å². The summed E-state index contributed by atoms with van der Waals surface area (Å²) in [7, 11) is 0. The zero-order chi connectivity index (χ0) is 15.2. The fourth-order valence-electron chi connectivity index (χ4n) is 2.29. The van der Waals surface area contributed by atoms with Gasteiger partial charge in [0.25, 0.3) is 5.91 Å². The lowest BCUT2D eigenvalue weighted by atomic mass is 10.2. The first-order valence-corrected chi connectivity index (χ1v) is 8.04. The summed E-state index contributed by atoms with van der Waals surface area (Å²) in [6.07, 6.45) is 1.32. The summed E-state index contributed by atoms with van der Waals surface area (Å²) >= 11 is 1.53. The molecular formula is C15H21N3O2S. The Balaban J connectivity index is 2.00. The molecule has 0 saturated carbocycles. The van der Waals surface area contributed by atoms with Crippen LogP contribution in [0.5, 0.6) is 0 Å². The van der Waals surface area contributed by atoms with Crippen LogP contribution < -0.4 is 5.32 Å². The standard InChI is InChI=1S/C15H21N3O2S/c1-4-18(5-2)11(3)9-16-15(19)13-14(20-10-17-13)12-7-6-8-21-12/h6-8,10-11H,4-5,9H2,1-3H3,(H,16,19)/t11-/m1/s1. The van der Waals surface area contributed by atoms with E-state index in [2.05, 4.69) is 36.0 Å². The highest BCUT2D eigenvalue weighted by molar-refractivity contribution is 7.13. The molecule has 0 saturated heterocycles. The minimum atomic E-state index is -0.189. The van der Waals surface area contributed by atoms with Gasteiger partial charge in [-0.2, -0.15) is 0 Å². The Hall–Kier alpha value is -1.66. The van der Waals surface area contributed by atoms with E-state index < -0.39 is 0 Å². The minimum Gasteiger partial charge on any atom is -0.442 e. The first-order chi connectivity index (χ1) is 10.2. The van der Waals surface area contributed by atoms with Crippen LogP contribution in [0.4, 0.5) is 0 Å². The van der Waals surface area contributed by atoms with Gasteiger partial charge in [-0.15, -0.1) is 11.3 Å². The van der Waals surface area contributed by atoms with Crippen LogP contribution in [0.25, 0.3) is 10.6 Å². The Morgan fingerprint density at radius 1 is 1.48 bits per heavy atom. The molecule has 0 radical (unpaired) electrons. The third-order valence-corrected chi connectivity index (χ3v) is 4.39. The molecule has 0 spiro atoms. The van der Waals surface area contributed by atoms with Gasteiger partial charge in [0.15, 0.2) is 17.8 Å². The number of rotatable bonds is 7. The number of amides is 1. The number of nitrogens with one attached hydrogen (secondary N) is 1. The van der Waals surface area contributed by atoms with Crippen LogP contribution in [0.15, 0.2) is 28.3 Å². The fourth-order valence-corrected chi connectivity index (χ4v) is 3.00. The monoisotopic (exact) mass is 307 g/mol. The molecule has 0 aliphatic rings. The van der Waals surface area contributed by atoms with E-state index in [9.17, 15) is 4.79 Å². The second-order valence-electron chi connectivity index (χ2n) is 4.79. The van der Waals surface area contributed by atoms with Crippen LogP contribution in [-0.4, -0.2) is 41.5 Å². The van der Waals surface area contributed by atoms with Gasteiger partial charge in [-0.1, -0.05) is 19.9 Å². The molecule has 0 bridgehead atoms. The average Bonchev–Trinajstić information content (AvgIpc) is 3.15. The van der Waals surface area contributed by atoms with E-state index >= 15 is 0 Å². The van der Waals surface area contributed by atoms with Gasteiger partial charge in [0, 0.05) is 12.6 Å². The van der Waals surface area contributed by atoms with Gasteiger partial charge >= 0.3 is 0 Å². The average molecular weight is 307 g/mol. The van der Waals surface area contributed by atoms with Gasteiger partial charge in [-0.25, -0.2) is 4.98 Å². The van der Waals surface area contributed by atoms with Crippen molar-refractivity contribution in [2.24, 2.45) is 0 Å². The Bertz CT molecular complexity index is 561. The van der Waals surface area contributed by atoms with Crippen molar-refractivity contribution in [3.05, 3.63) is 29.6 Å². The Kier molecular flexibility index (Phi) is 5.52. The van der Waals surface area contributed by atoms with Crippen molar-refractivity contribution in [2.75, 3.05) is 19.6 Å². The highest BCUT2D eigenvalue weighted by atomic mass is 32.1. The van der Waals surface area contributed by atoms with E-state index in [0.717, 1.165) is 18.0 Å². The van der Waals surface area contributed by atoms with Crippen molar-refractivity contribution >= 4 is 17.2 Å². The third-order valence-electron chi connectivity index (χ3n) is 3.52. The Morgan fingerprint density at radius 3 is 2.86 bits per heavy atom. The molecule has 2 aromatic heterocycles. The summed E-state index contributed by atoms with van der Waals surface area (Å²) < 4.78 is 5.35. The summed E-state index contributed by atoms with van der Waals surface area (Å²) in [5.74, 6) is 0.351. The zero-order valence-corrected chi connectivity index (χ0v) is 13.4. The SMILES string of the molecule is CCN(CC)[C@H](C)CNC(=O)c1ncoc1-c1cccs1. The maximum absolute atomic E-state index is 12.3. The second kappa shape index (κ2) is 7.38. The van der Waals surface area contributed by atoms with Gasteiger partial charge in [0.05, 0.1) is 4.88 Å². The second-order valence-corrected chi connectivity index (χ2v) is 5.74. The lowest BCUT2D eigenvalue weighted by Crippen LogP contribution is -2.42. The molecule has 1 amide bonds. The van der Waals surface area contributed by atoms with E-state index in [-0.39, 0.29) is 5.91 Å².